The second kappa shape index (κ2) is 4.99. The fourth-order valence-corrected chi connectivity index (χ4v) is 2.04. The number of nitrogen functional groups attached to an aromatic ring is 1. The van der Waals surface area contributed by atoms with Crippen molar-refractivity contribution in [3.63, 3.8) is 0 Å². The Bertz CT molecular complexity index is 393. The van der Waals surface area contributed by atoms with Gasteiger partial charge >= 0.3 is 5.97 Å². The Hall–Kier alpha value is -1.85. The van der Waals surface area contributed by atoms with E-state index in [0.29, 0.717) is 12.4 Å². The van der Waals surface area contributed by atoms with Gasteiger partial charge in [0.15, 0.2) is 0 Å². The normalized spacial score (nSPS) is 20.1. The second-order valence-electron chi connectivity index (χ2n) is 4.11. The quantitative estimate of drug-likeness (QED) is 0.751. The zero-order chi connectivity index (χ0) is 12.3. The third-order valence-corrected chi connectivity index (χ3v) is 2.94. The third-order valence-electron chi connectivity index (χ3n) is 2.94. The van der Waals surface area contributed by atoms with Crippen LogP contribution in [0.15, 0.2) is 12.4 Å². The van der Waals surface area contributed by atoms with Gasteiger partial charge in [0.1, 0.15) is 11.6 Å². The SMILES string of the molecule is COC(=O)C1CCCN(c2cnc(N)cn2)C1. The molecule has 0 bridgehead atoms. The zero-order valence-corrected chi connectivity index (χ0v) is 9.80. The van der Waals surface area contributed by atoms with Crippen LogP contribution in [0, 0.1) is 5.92 Å². The number of anilines is 2. The van der Waals surface area contributed by atoms with Crippen molar-refractivity contribution in [2.24, 2.45) is 5.92 Å². The van der Waals surface area contributed by atoms with E-state index in [0.717, 1.165) is 25.2 Å². The third kappa shape index (κ3) is 2.64. The van der Waals surface area contributed by atoms with Crippen LogP contribution in [0.25, 0.3) is 0 Å². The van der Waals surface area contributed by atoms with E-state index in [1.807, 2.05) is 4.90 Å². The Balaban J connectivity index is 2.06. The average molecular weight is 236 g/mol. The summed E-state index contributed by atoms with van der Waals surface area (Å²) in [6.07, 6.45) is 4.98. The predicted octanol–water partition coefficient (Wildman–Crippen LogP) is 0.448. The Morgan fingerprint density at radius 2 is 2.35 bits per heavy atom. The molecular formula is C11H16N4O2. The summed E-state index contributed by atoms with van der Waals surface area (Å²) >= 11 is 0. The van der Waals surface area contributed by atoms with Crippen molar-refractivity contribution in [1.82, 2.24) is 9.97 Å². The minimum atomic E-state index is -0.155. The first-order chi connectivity index (χ1) is 8.20. The van der Waals surface area contributed by atoms with Gasteiger partial charge in [-0.25, -0.2) is 9.97 Å². The largest absolute Gasteiger partial charge is 0.469 e. The summed E-state index contributed by atoms with van der Waals surface area (Å²) in [6.45, 7) is 1.51. The lowest BCUT2D eigenvalue weighted by Crippen LogP contribution is -2.39. The molecule has 17 heavy (non-hydrogen) atoms. The van der Waals surface area contributed by atoms with Crippen LogP contribution in [-0.4, -0.2) is 36.1 Å². The molecule has 1 aliphatic rings. The number of rotatable bonds is 2. The number of esters is 1. The van der Waals surface area contributed by atoms with E-state index in [1.165, 1.54) is 13.3 Å². The number of piperidine rings is 1. The van der Waals surface area contributed by atoms with Crippen LogP contribution in [0.1, 0.15) is 12.8 Å². The maximum Gasteiger partial charge on any atom is 0.310 e. The van der Waals surface area contributed by atoms with E-state index in [1.54, 1.807) is 6.20 Å². The first kappa shape index (κ1) is 11.6. The van der Waals surface area contributed by atoms with E-state index in [9.17, 15) is 4.79 Å². The molecule has 1 saturated heterocycles. The van der Waals surface area contributed by atoms with Crippen molar-refractivity contribution < 1.29 is 9.53 Å². The first-order valence-electron chi connectivity index (χ1n) is 5.61. The highest BCUT2D eigenvalue weighted by Gasteiger charge is 2.27. The van der Waals surface area contributed by atoms with Gasteiger partial charge in [0.05, 0.1) is 25.4 Å². The number of hydrogen-bond acceptors (Lipinski definition) is 6. The molecule has 0 aliphatic carbocycles. The lowest BCUT2D eigenvalue weighted by molar-refractivity contribution is -0.145. The highest BCUT2D eigenvalue weighted by molar-refractivity contribution is 5.73. The zero-order valence-electron chi connectivity index (χ0n) is 9.80. The molecule has 0 amide bonds. The number of hydrogen-bond donors (Lipinski definition) is 1. The maximum atomic E-state index is 11.5. The number of methoxy groups -OCH3 is 1. The van der Waals surface area contributed by atoms with Crippen LogP contribution < -0.4 is 10.6 Å². The molecule has 2 N–H and O–H groups in total. The Labute approximate surface area is 99.8 Å². The lowest BCUT2D eigenvalue weighted by Gasteiger charge is -2.31. The molecule has 1 aromatic rings. The van der Waals surface area contributed by atoms with Gasteiger partial charge in [-0.1, -0.05) is 0 Å². The summed E-state index contributed by atoms with van der Waals surface area (Å²) in [7, 11) is 1.42. The fraction of sp³-hybridized carbons (Fsp3) is 0.545. The molecule has 0 aromatic carbocycles. The van der Waals surface area contributed by atoms with Crippen LogP contribution in [0.3, 0.4) is 0 Å². The Kier molecular flexibility index (Phi) is 3.41. The standard InChI is InChI=1S/C11H16N4O2/c1-17-11(16)8-3-2-4-15(7-8)10-6-13-9(12)5-14-10/h5-6,8H,2-4,7H2,1H3,(H2,12,13). The van der Waals surface area contributed by atoms with Crippen molar-refractivity contribution in [1.29, 1.82) is 0 Å². The lowest BCUT2D eigenvalue weighted by atomic mass is 9.98. The topological polar surface area (TPSA) is 81.3 Å². The molecule has 1 atom stereocenters. The minimum absolute atomic E-state index is 0.0758. The van der Waals surface area contributed by atoms with Gasteiger partial charge in [0.25, 0.3) is 0 Å². The molecule has 0 spiro atoms. The molecule has 1 aliphatic heterocycles. The number of nitrogens with zero attached hydrogens (tertiary/aromatic N) is 3. The molecule has 2 rings (SSSR count). The van der Waals surface area contributed by atoms with E-state index in [-0.39, 0.29) is 11.9 Å². The molecule has 1 unspecified atom stereocenters. The van der Waals surface area contributed by atoms with Gasteiger partial charge in [-0.2, -0.15) is 0 Å². The van der Waals surface area contributed by atoms with E-state index in [2.05, 4.69) is 9.97 Å². The Morgan fingerprint density at radius 3 is 3.00 bits per heavy atom. The van der Waals surface area contributed by atoms with Crippen LogP contribution in [0.5, 0.6) is 0 Å². The van der Waals surface area contributed by atoms with Gasteiger partial charge < -0.3 is 15.4 Å². The van der Waals surface area contributed by atoms with Crippen LogP contribution >= 0.6 is 0 Å². The highest BCUT2D eigenvalue weighted by Crippen LogP contribution is 2.21. The van der Waals surface area contributed by atoms with Crippen molar-refractivity contribution in [3.8, 4) is 0 Å². The van der Waals surface area contributed by atoms with Crippen molar-refractivity contribution in [2.75, 3.05) is 30.8 Å². The molecule has 1 aromatic heterocycles. The van der Waals surface area contributed by atoms with E-state index < -0.39 is 0 Å². The summed E-state index contributed by atoms with van der Waals surface area (Å²) in [6, 6.07) is 0. The van der Waals surface area contributed by atoms with Gasteiger partial charge in [-0.3, -0.25) is 4.79 Å². The second-order valence-corrected chi connectivity index (χ2v) is 4.11. The highest BCUT2D eigenvalue weighted by atomic mass is 16.5. The minimum Gasteiger partial charge on any atom is -0.469 e. The number of carbonyl (C=O) groups is 1. The van der Waals surface area contributed by atoms with Gasteiger partial charge in [0.2, 0.25) is 0 Å². The van der Waals surface area contributed by atoms with E-state index in [4.69, 9.17) is 10.5 Å². The van der Waals surface area contributed by atoms with Crippen molar-refractivity contribution in [3.05, 3.63) is 12.4 Å². The predicted molar refractivity (Wildman–Crippen MR) is 63.4 cm³/mol. The molecular weight excluding hydrogens is 220 g/mol. The van der Waals surface area contributed by atoms with Gasteiger partial charge in [0, 0.05) is 13.1 Å². The first-order valence-corrected chi connectivity index (χ1v) is 5.61. The number of aromatic nitrogens is 2. The fourth-order valence-electron chi connectivity index (χ4n) is 2.04. The molecule has 0 radical (unpaired) electrons. The summed E-state index contributed by atoms with van der Waals surface area (Å²) < 4.78 is 4.77. The van der Waals surface area contributed by atoms with Crippen molar-refractivity contribution >= 4 is 17.6 Å². The summed E-state index contributed by atoms with van der Waals surface area (Å²) in [5, 5.41) is 0. The number of ether oxygens (including phenoxy) is 1. The number of nitrogens with two attached hydrogens (primary N) is 1. The van der Waals surface area contributed by atoms with Gasteiger partial charge in [-0.15, -0.1) is 0 Å². The smallest absolute Gasteiger partial charge is 0.310 e. The average Bonchev–Trinajstić information content (AvgIpc) is 2.39. The number of carbonyl (C=O) groups excluding carboxylic acids is 1. The molecule has 0 saturated carbocycles. The van der Waals surface area contributed by atoms with E-state index >= 15 is 0 Å². The molecule has 6 heteroatoms. The molecule has 6 nitrogen and oxygen atoms in total. The Morgan fingerprint density at radius 1 is 1.53 bits per heavy atom. The van der Waals surface area contributed by atoms with Crippen molar-refractivity contribution in [2.45, 2.75) is 12.8 Å². The molecule has 2 heterocycles. The summed E-state index contributed by atoms with van der Waals surface area (Å²) in [4.78, 5) is 21.7. The maximum absolute atomic E-state index is 11.5. The summed E-state index contributed by atoms with van der Waals surface area (Å²) in [5.74, 6) is 0.925. The van der Waals surface area contributed by atoms with Crippen LogP contribution in [0.4, 0.5) is 11.6 Å². The summed E-state index contributed by atoms with van der Waals surface area (Å²) in [5.41, 5.74) is 5.49. The van der Waals surface area contributed by atoms with Crippen LogP contribution in [-0.2, 0) is 9.53 Å². The van der Waals surface area contributed by atoms with Crippen LogP contribution in [0.2, 0.25) is 0 Å². The van der Waals surface area contributed by atoms with Gasteiger partial charge in [-0.05, 0) is 12.8 Å². The monoisotopic (exact) mass is 236 g/mol. The molecule has 92 valence electrons. The molecule has 1 fully saturated rings.